The maximum atomic E-state index is 11.2. The van der Waals surface area contributed by atoms with Crippen molar-refractivity contribution in [2.45, 2.75) is 33.1 Å². The van der Waals surface area contributed by atoms with E-state index < -0.39 is 9.84 Å². The zero-order valence-electron chi connectivity index (χ0n) is 12.8. The molecule has 0 fully saturated rings. The molecule has 2 N–H and O–H groups in total. The Hall–Kier alpha value is -1.23. The van der Waals surface area contributed by atoms with E-state index in [-0.39, 0.29) is 5.75 Å². The zero-order valence-corrected chi connectivity index (χ0v) is 13.6. The Bertz CT molecular complexity index is 550. The second-order valence-corrected chi connectivity index (χ2v) is 7.97. The summed E-state index contributed by atoms with van der Waals surface area (Å²) >= 11 is 0. The molecule has 0 saturated carbocycles. The molecular weight excluding hydrogens is 274 g/mol. The van der Waals surface area contributed by atoms with Crippen LogP contribution in [-0.2, 0) is 22.7 Å². The minimum atomic E-state index is -2.93. The summed E-state index contributed by atoms with van der Waals surface area (Å²) in [6.45, 7) is 4.31. The highest BCUT2D eigenvalue weighted by molar-refractivity contribution is 7.90. The second-order valence-electron chi connectivity index (χ2n) is 5.71. The van der Waals surface area contributed by atoms with Crippen molar-refractivity contribution in [2.75, 3.05) is 24.9 Å². The molecule has 1 aromatic carbocycles. The minimum absolute atomic E-state index is 0.185. The van der Waals surface area contributed by atoms with Gasteiger partial charge < -0.3 is 10.5 Å². The van der Waals surface area contributed by atoms with E-state index in [1.165, 1.54) is 11.8 Å². The van der Waals surface area contributed by atoms with E-state index in [4.69, 9.17) is 10.5 Å². The molecule has 0 bridgehead atoms. The fraction of sp³-hybridized carbons (Fsp3) is 0.600. The molecule has 20 heavy (non-hydrogen) atoms. The molecule has 0 aliphatic carbocycles. The average molecular weight is 299 g/mol. The monoisotopic (exact) mass is 299 g/mol. The number of anilines is 1. The van der Waals surface area contributed by atoms with Gasteiger partial charge in [-0.15, -0.1) is 0 Å². The molecule has 5 heteroatoms. The molecule has 0 radical (unpaired) electrons. The maximum Gasteiger partial charge on any atom is 0.147 e. The molecule has 0 unspecified atom stereocenters. The third kappa shape index (κ3) is 5.41. The molecule has 0 aliphatic rings. The molecule has 0 saturated heterocycles. The summed E-state index contributed by atoms with van der Waals surface area (Å²) in [4.78, 5) is 0. The van der Waals surface area contributed by atoms with E-state index in [1.807, 2.05) is 6.07 Å². The Morgan fingerprint density at radius 3 is 2.45 bits per heavy atom. The third-order valence-corrected chi connectivity index (χ3v) is 4.09. The molecule has 0 aromatic heterocycles. The van der Waals surface area contributed by atoms with Gasteiger partial charge in [0.15, 0.2) is 0 Å². The van der Waals surface area contributed by atoms with Gasteiger partial charge in [0.25, 0.3) is 0 Å². The molecule has 0 aliphatic heterocycles. The first-order valence-corrected chi connectivity index (χ1v) is 8.92. The molecule has 0 atom stereocenters. The van der Waals surface area contributed by atoms with Crippen molar-refractivity contribution in [3.8, 4) is 5.75 Å². The standard InChI is InChI=1S/C15H25NO3S/c1-11(2)8-12-9-13(6-5-7-20(4,17)18)15(19-3)14(16)10-12/h9-11H,5-8,16H2,1-4H3. The SMILES string of the molecule is COc1c(N)cc(CC(C)C)cc1CCCS(C)(=O)=O. The van der Waals surface area contributed by atoms with Gasteiger partial charge in [0.2, 0.25) is 0 Å². The van der Waals surface area contributed by atoms with Gasteiger partial charge in [0.05, 0.1) is 18.6 Å². The highest BCUT2D eigenvalue weighted by Crippen LogP contribution is 2.30. The van der Waals surface area contributed by atoms with Gasteiger partial charge in [-0.25, -0.2) is 8.42 Å². The molecule has 0 spiro atoms. The van der Waals surface area contributed by atoms with Crippen LogP contribution in [0.3, 0.4) is 0 Å². The number of nitrogens with two attached hydrogens (primary N) is 1. The Morgan fingerprint density at radius 1 is 1.30 bits per heavy atom. The summed E-state index contributed by atoms with van der Waals surface area (Å²) in [5.74, 6) is 1.41. The summed E-state index contributed by atoms with van der Waals surface area (Å²) in [6.07, 6.45) is 3.45. The van der Waals surface area contributed by atoms with Crippen LogP contribution >= 0.6 is 0 Å². The molecule has 114 valence electrons. The number of methoxy groups -OCH3 is 1. The van der Waals surface area contributed by atoms with Gasteiger partial charge in [0, 0.05) is 6.26 Å². The normalized spacial score (nSPS) is 11.8. The number of aryl methyl sites for hydroxylation is 1. The van der Waals surface area contributed by atoms with Gasteiger partial charge in [-0.1, -0.05) is 19.9 Å². The number of hydrogen-bond acceptors (Lipinski definition) is 4. The molecule has 1 aromatic rings. The number of sulfone groups is 1. The predicted molar refractivity (Wildman–Crippen MR) is 84.0 cm³/mol. The van der Waals surface area contributed by atoms with Crippen LogP contribution in [0.5, 0.6) is 5.75 Å². The first-order valence-electron chi connectivity index (χ1n) is 6.86. The van der Waals surface area contributed by atoms with Crippen molar-refractivity contribution >= 4 is 15.5 Å². The van der Waals surface area contributed by atoms with Crippen LogP contribution in [0.25, 0.3) is 0 Å². The summed E-state index contributed by atoms with van der Waals surface area (Å²) in [5, 5.41) is 0. The third-order valence-electron chi connectivity index (χ3n) is 3.06. The van der Waals surface area contributed by atoms with Gasteiger partial charge in [0.1, 0.15) is 15.6 Å². The van der Waals surface area contributed by atoms with Crippen LogP contribution in [0.15, 0.2) is 12.1 Å². The number of nitrogen functional groups attached to an aromatic ring is 1. The molecule has 1 rings (SSSR count). The van der Waals surface area contributed by atoms with Crippen molar-refractivity contribution in [3.63, 3.8) is 0 Å². The lowest BCUT2D eigenvalue weighted by molar-refractivity contribution is 0.411. The van der Waals surface area contributed by atoms with Crippen molar-refractivity contribution in [1.29, 1.82) is 0 Å². The van der Waals surface area contributed by atoms with Crippen LogP contribution in [0, 0.1) is 5.92 Å². The zero-order chi connectivity index (χ0) is 15.3. The number of hydrogen-bond donors (Lipinski definition) is 1. The summed E-state index contributed by atoms with van der Waals surface area (Å²) in [6, 6.07) is 4.02. The van der Waals surface area contributed by atoms with Crippen molar-refractivity contribution in [3.05, 3.63) is 23.3 Å². The molecule has 0 heterocycles. The molecule has 0 amide bonds. The first-order chi connectivity index (χ1) is 9.23. The van der Waals surface area contributed by atoms with Crippen LogP contribution < -0.4 is 10.5 Å². The Kier molecular flexibility index (Phi) is 5.87. The number of rotatable bonds is 7. The van der Waals surface area contributed by atoms with Gasteiger partial charge >= 0.3 is 0 Å². The van der Waals surface area contributed by atoms with Crippen molar-refractivity contribution in [2.24, 2.45) is 5.92 Å². The Labute approximate surface area is 122 Å². The smallest absolute Gasteiger partial charge is 0.147 e. The van der Waals surface area contributed by atoms with Crippen LogP contribution in [0.4, 0.5) is 5.69 Å². The number of benzene rings is 1. The maximum absolute atomic E-state index is 11.2. The van der Waals surface area contributed by atoms with Gasteiger partial charge in [-0.3, -0.25) is 0 Å². The van der Waals surface area contributed by atoms with Crippen LogP contribution in [-0.4, -0.2) is 27.5 Å². The summed E-state index contributed by atoms with van der Waals surface area (Å²) in [7, 11) is -1.33. The van der Waals surface area contributed by atoms with Crippen LogP contribution in [0.1, 0.15) is 31.4 Å². The molecular formula is C15H25NO3S. The fourth-order valence-electron chi connectivity index (χ4n) is 2.33. The Morgan fingerprint density at radius 2 is 1.95 bits per heavy atom. The van der Waals surface area contributed by atoms with E-state index in [0.717, 1.165) is 12.0 Å². The van der Waals surface area contributed by atoms with Crippen molar-refractivity contribution in [1.82, 2.24) is 0 Å². The lowest BCUT2D eigenvalue weighted by Gasteiger charge is -2.14. The lowest BCUT2D eigenvalue weighted by Crippen LogP contribution is -2.06. The predicted octanol–water partition coefficient (Wildman–Crippen LogP) is 2.45. The van der Waals surface area contributed by atoms with E-state index >= 15 is 0 Å². The fourth-order valence-corrected chi connectivity index (χ4v) is 3.00. The topological polar surface area (TPSA) is 69.4 Å². The lowest BCUT2D eigenvalue weighted by atomic mass is 9.98. The quantitative estimate of drug-likeness (QED) is 0.785. The first kappa shape index (κ1) is 16.8. The van der Waals surface area contributed by atoms with Gasteiger partial charge in [-0.2, -0.15) is 0 Å². The average Bonchev–Trinajstić information content (AvgIpc) is 2.25. The van der Waals surface area contributed by atoms with Crippen molar-refractivity contribution < 1.29 is 13.2 Å². The molecule has 4 nitrogen and oxygen atoms in total. The summed E-state index contributed by atoms with van der Waals surface area (Å²) in [5.41, 5.74) is 8.81. The van der Waals surface area contributed by atoms with E-state index in [1.54, 1.807) is 7.11 Å². The highest BCUT2D eigenvalue weighted by atomic mass is 32.2. The van der Waals surface area contributed by atoms with E-state index in [2.05, 4.69) is 19.9 Å². The Balaban J connectivity index is 2.93. The van der Waals surface area contributed by atoms with E-state index in [9.17, 15) is 8.42 Å². The second kappa shape index (κ2) is 6.97. The summed E-state index contributed by atoms with van der Waals surface area (Å²) < 4.78 is 27.7. The minimum Gasteiger partial charge on any atom is -0.494 e. The van der Waals surface area contributed by atoms with E-state index in [0.29, 0.717) is 30.2 Å². The number of ether oxygens (including phenoxy) is 1. The largest absolute Gasteiger partial charge is 0.494 e. The van der Waals surface area contributed by atoms with Crippen LogP contribution in [0.2, 0.25) is 0 Å². The van der Waals surface area contributed by atoms with Gasteiger partial charge in [-0.05, 0) is 42.4 Å². The highest BCUT2D eigenvalue weighted by Gasteiger charge is 2.11.